The molecule has 0 bridgehead atoms. The molecule has 0 aliphatic carbocycles. The van der Waals surface area contributed by atoms with E-state index >= 15 is 0 Å². The monoisotopic (exact) mass is 225 g/mol. The highest BCUT2D eigenvalue weighted by molar-refractivity contribution is 5.79. The highest BCUT2D eigenvalue weighted by Gasteiger charge is 2.28. The van der Waals surface area contributed by atoms with Crippen molar-refractivity contribution in [3.8, 4) is 0 Å². The van der Waals surface area contributed by atoms with Crippen LogP contribution in [0.4, 0.5) is 0 Å². The Hall–Kier alpha value is -0.610. The van der Waals surface area contributed by atoms with Crippen LogP contribution < -0.4 is 10.6 Å². The zero-order chi connectivity index (χ0) is 11.5. The van der Waals surface area contributed by atoms with Gasteiger partial charge in [-0.2, -0.15) is 0 Å². The fourth-order valence-electron chi connectivity index (χ4n) is 2.74. The second-order valence-electron chi connectivity index (χ2n) is 5.33. The smallest absolute Gasteiger partial charge is 0.223 e. The van der Waals surface area contributed by atoms with Crippen molar-refractivity contribution in [2.75, 3.05) is 26.7 Å². The van der Waals surface area contributed by atoms with E-state index in [0.29, 0.717) is 12.1 Å². The second kappa shape index (κ2) is 5.15. The fourth-order valence-corrected chi connectivity index (χ4v) is 2.74. The van der Waals surface area contributed by atoms with Gasteiger partial charge in [0.25, 0.3) is 0 Å². The van der Waals surface area contributed by atoms with Crippen LogP contribution in [-0.4, -0.2) is 49.6 Å². The molecule has 2 N–H and O–H groups in total. The molecule has 16 heavy (non-hydrogen) atoms. The van der Waals surface area contributed by atoms with Crippen molar-refractivity contribution >= 4 is 5.91 Å². The number of carbonyl (C=O) groups is 1. The summed E-state index contributed by atoms with van der Waals surface area (Å²) in [7, 11) is 2.11. The Balaban J connectivity index is 1.78. The molecule has 2 saturated heterocycles. The Morgan fingerprint density at radius 2 is 2.25 bits per heavy atom. The molecule has 2 heterocycles. The molecule has 3 atom stereocenters. The molecule has 2 aliphatic rings. The topological polar surface area (TPSA) is 44.4 Å². The summed E-state index contributed by atoms with van der Waals surface area (Å²) in [4.78, 5) is 14.3. The molecule has 92 valence electrons. The van der Waals surface area contributed by atoms with Crippen LogP contribution in [0.1, 0.15) is 26.2 Å². The van der Waals surface area contributed by atoms with Crippen LogP contribution in [-0.2, 0) is 4.79 Å². The number of hydrogen-bond donors (Lipinski definition) is 2. The molecule has 2 aliphatic heterocycles. The normalized spacial score (nSPS) is 36.2. The van der Waals surface area contributed by atoms with Crippen LogP contribution in [0.3, 0.4) is 0 Å². The third-order valence-corrected chi connectivity index (χ3v) is 3.73. The second-order valence-corrected chi connectivity index (χ2v) is 5.33. The Morgan fingerprint density at radius 3 is 2.88 bits per heavy atom. The van der Waals surface area contributed by atoms with Gasteiger partial charge in [0.1, 0.15) is 0 Å². The number of rotatable bonds is 2. The zero-order valence-corrected chi connectivity index (χ0v) is 10.3. The third kappa shape index (κ3) is 2.95. The first-order valence-electron chi connectivity index (χ1n) is 6.37. The van der Waals surface area contributed by atoms with Crippen molar-refractivity contribution in [1.29, 1.82) is 0 Å². The maximum Gasteiger partial charge on any atom is 0.223 e. The van der Waals surface area contributed by atoms with E-state index in [-0.39, 0.29) is 11.8 Å². The third-order valence-electron chi connectivity index (χ3n) is 3.73. The van der Waals surface area contributed by atoms with Gasteiger partial charge in [0, 0.05) is 24.5 Å². The van der Waals surface area contributed by atoms with Gasteiger partial charge in [-0.05, 0) is 46.3 Å². The molecule has 0 spiro atoms. The van der Waals surface area contributed by atoms with Gasteiger partial charge in [0.2, 0.25) is 5.91 Å². The molecule has 4 heteroatoms. The van der Waals surface area contributed by atoms with Crippen LogP contribution in [0.25, 0.3) is 0 Å². The number of likely N-dealkylation sites (tertiary alicyclic amines) is 1. The average Bonchev–Trinajstić information content (AvgIpc) is 2.64. The molecule has 3 unspecified atom stereocenters. The lowest BCUT2D eigenvalue weighted by Gasteiger charge is -2.28. The van der Waals surface area contributed by atoms with E-state index in [1.807, 2.05) is 0 Å². The molecule has 0 radical (unpaired) electrons. The minimum atomic E-state index is 0.224. The number of likely N-dealkylation sites (N-methyl/N-ethyl adjacent to an activating group) is 1. The van der Waals surface area contributed by atoms with Gasteiger partial charge in [-0.1, -0.05) is 0 Å². The molecule has 0 saturated carbocycles. The van der Waals surface area contributed by atoms with E-state index in [4.69, 9.17) is 0 Å². The standard InChI is InChI=1S/C12H23N3O/c1-9-7-10(3-5-13-9)12(16)14-11-4-6-15(2)8-11/h9-11,13H,3-8H2,1-2H3,(H,14,16). The molecular weight excluding hydrogens is 202 g/mol. The van der Waals surface area contributed by atoms with Crippen LogP contribution in [0.2, 0.25) is 0 Å². The van der Waals surface area contributed by atoms with Crippen LogP contribution in [0.15, 0.2) is 0 Å². The van der Waals surface area contributed by atoms with E-state index < -0.39 is 0 Å². The van der Waals surface area contributed by atoms with Crippen LogP contribution in [0, 0.1) is 5.92 Å². The van der Waals surface area contributed by atoms with Crippen molar-refractivity contribution < 1.29 is 4.79 Å². The summed E-state index contributed by atoms with van der Waals surface area (Å²) in [6.07, 6.45) is 3.07. The lowest BCUT2D eigenvalue weighted by molar-refractivity contribution is -0.126. The van der Waals surface area contributed by atoms with Gasteiger partial charge in [-0.15, -0.1) is 0 Å². The van der Waals surface area contributed by atoms with E-state index in [9.17, 15) is 4.79 Å². The Bertz CT molecular complexity index is 257. The van der Waals surface area contributed by atoms with Crippen LogP contribution in [0.5, 0.6) is 0 Å². The predicted octanol–water partition coefficient (Wildman–Crippen LogP) is 0.195. The van der Waals surface area contributed by atoms with Gasteiger partial charge in [0.05, 0.1) is 0 Å². The molecule has 2 rings (SSSR count). The fraction of sp³-hybridized carbons (Fsp3) is 0.917. The Kier molecular flexibility index (Phi) is 3.82. The summed E-state index contributed by atoms with van der Waals surface area (Å²) in [5.41, 5.74) is 0. The quantitative estimate of drug-likeness (QED) is 0.705. The van der Waals surface area contributed by atoms with Gasteiger partial charge in [-0.3, -0.25) is 4.79 Å². The van der Waals surface area contributed by atoms with Crippen molar-refractivity contribution in [2.45, 2.75) is 38.3 Å². The molecule has 0 aromatic heterocycles. The average molecular weight is 225 g/mol. The minimum Gasteiger partial charge on any atom is -0.352 e. The van der Waals surface area contributed by atoms with Crippen molar-refractivity contribution in [1.82, 2.24) is 15.5 Å². The van der Waals surface area contributed by atoms with Gasteiger partial charge in [0.15, 0.2) is 0 Å². The maximum atomic E-state index is 12.0. The summed E-state index contributed by atoms with van der Waals surface area (Å²) >= 11 is 0. The largest absolute Gasteiger partial charge is 0.352 e. The minimum absolute atomic E-state index is 0.224. The maximum absolute atomic E-state index is 12.0. The first-order valence-corrected chi connectivity index (χ1v) is 6.37. The Morgan fingerprint density at radius 1 is 1.44 bits per heavy atom. The van der Waals surface area contributed by atoms with Gasteiger partial charge >= 0.3 is 0 Å². The van der Waals surface area contributed by atoms with E-state index in [1.54, 1.807) is 0 Å². The van der Waals surface area contributed by atoms with E-state index in [1.165, 1.54) is 0 Å². The van der Waals surface area contributed by atoms with Crippen molar-refractivity contribution in [3.63, 3.8) is 0 Å². The summed E-state index contributed by atoms with van der Waals surface area (Å²) in [5, 5.41) is 6.57. The Labute approximate surface area is 97.8 Å². The van der Waals surface area contributed by atoms with E-state index in [0.717, 1.165) is 38.9 Å². The number of carbonyl (C=O) groups excluding carboxylic acids is 1. The number of nitrogens with zero attached hydrogens (tertiary/aromatic N) is 1. The van der Waals surface area contributed by atoms with E-state index in [2.05, 4.69) is 29.5 Å². The number of amides is 1. The van der Waals surface area contributed by atoms with Crippen LogP contribution >= 0.6 is 0 Å². The lowest BCUT2D eigenvalue weighted by Crippen LogP contribution is -2.45. The molecule has 2 fully saturated rings. The number of nitrogens with one attached hydrogen (secondary N) is 2. The molecule has 0 aromatic carbocycles. The number of hydrogen-bond acceptors (Lipinski definition) is 3. The molecule has 0 aromatic rings. The summed E-state index contributed by atoms with van der Waals surface area (Å²) < 4.78 is 0. The van der Waals surface area contributed by atoms with Gasteiger partial charge < -0.3 is 15.5 Å². The first kappa shape index (κ1) is 11.9. The summed E-state index contributed by atoms with van der Waals surface area (Å²) in [6.45, 7) is 5.24. The van der Waals surface area contributed by atoms with Crippen molar-refractivity contribution in [2.24, 2.45) is 5.92 Å². The molecule has 4 nitrogen and oxygen atoms in total. The molecule has 1 amide bonds. The SMILES string of the molecule is CC1CC(C(=O)NC2CCN(C)C2)CCN1. The number of piperidine rings is 1. The summed E-state index contributed by atoms with van der Waals surface area (Å²) in [5.74, 6) is 0.496. The predicted molar refractivity (Wildman–Crippen MR) is 64.2 cm³/mol. The summed E-state index contributed by atoms with van der Waals surface area (Å²) in [6, 6.07) is 0.860. The highest BCUT2D eigenvalue weighted by Crippen LogP contribution is 2.17. The lowest BCUT2D eigenvalue weighted by atomic mass is 9.92. The highest BCUT2D eigenvalue weighted by atomic mass is 16.2. The first-order chi connectivity index (χ1) is 7.65. The van der Waals surface area contributed by atoms with Crippen molar-refractivity contribution in [3.05, 3.63) is 0 Å². The zero-order valence-electron chi connectivity index (χ0n) is 10.3. The van der Waals surface area contributed by atoms with Gasteiger partial charge in [-0.25, -0.2) is 0 Å². The molecular formula is C12H23N3O.